The summed E-state index contributed by atoms with van der Waals surface area (Å²) in [7, 11) is 0. The smallest absolute Gasteiger partial charge is 0.0257 e. The standard InChI is InChI=1S/C20H18/c1(3-7-13-19-15-9-5-10-16-19)2-4-8-14-20-17-11-6-12-18-20/h1-18H/b3-1+,4-2+,13-7-,14-8+. The van der Waals surface area contributed by atoms with Crippen molar-refractivity contribution in [2.45, 2.75) is 0 Å². The van der Waals surface area contributed by atoms with Crippen LogP contribution in [0.2, 0.25) is 0 Å². The molecule has 0 atom stereocenters. The quantitative estimate of drug-likeness (QED) is 0.619. The number of hydrogen-bond acceptors (Lipinski definition) is 0. The summed E-state index contributed by atoms with van der Waals surface area (Å²) in [4.78, 5) is 0. The van der Waals surface area contributed by atoms with Gasteiger partial charge < -0.3 is 0 Å². The predicted molar refractivity (Wildman–Crippen MR) is 89.2 cm³/mol. The number of rotatable bonds is 5. The largest absolute Gasteiger partial charge is 0.0623 e. The molecule has 0 aliphatic rings. The van der Waals surface area contributed by atoms with Crippen LogP contribution in [0.5, 0.6) is 0 Å². The molecule has 0 heteroatoms. The Labute approximate surface area is 121 Å². The monoisotopic (exact) mass is 258 g/mol. The van der Waals surface area contributed by atoms with Gasteiger partial charge in [-0.25, -0.2) is 0 Å². The average Bonchev–Trinajstić information content (AvgIpc) is 2.52. The minimum absolute atomic E-state index is 1.21. The van der Waals surface area contributed by atoms with Crippen molar-refractivity contribution in [2.75, 3.05) is 0 Å². The van der Waals surface area contributed by atoms with Crippen molar-refractivity contribution in [3.05, 3.63) is 108 Å². The second kappa shape index (κ2) is 8.49. The summed E-state index contributed by atoms with van der Waals surface area (Å²) in [5, 5.41) is 0. The molecule has 0 amide bonds. The van der Waals surface area contributed by atoms with Crippen molar-refractivity contribution in [3.8, 4) is 0 Å². The Morgan fingerprint density at radius 2 is 0.750 bits per heavy atom. The molecule has 0 N–H and O–H groups in total. The summed E-state index contributed by atoms with van der Waals surface area (Å²) in [6, 6.07) is 20.5. The van der Waals surface area contributed by atoms with Gasteiger partial charge in [0.1, 0.15) is 0 Å². The highest BCUT2D eigenvalue weighted by Crippen LogP contribution is 2.02. The lowest BCUT2D eigenvalue weighted by molar-refractivity contribution is 1.66. The van der Waals surface area contributed by atoms with Crippen molar-refractivity contribution < 1.29 is 0 Å². The highest BCUT2D eigenvalue weighted by molar-refractivity contribution is 5.52. The Bertz CT molecular complexity index is 542. The van der Waals surface area contributed by atoms with Crippen molar-refractivity contribution in [1.29, 1.82) is 0 Å². The van der Waals surface area contributed by atoms with E-state index in [-0.39, 0.29) is 0 Å². The van der Waals surface area contributed by atoms with Crippen LogP contribution in [-0.4, -0.2) is 0 Å². The summed E-state index contributed by atoms with van der Waals surface area (Å²) >= 11 is 0. The van der Waals surface area contributed by atoms with Gasteiger partial charge in [0.25, 0.3) is 0 Å². The second-order valence-electron chi connectivity index (χ2n) is 4.31. The number of benzene rings is 2. The summed E-state index contributed by atoms with van der Waals surface area (Å²) in [5.41, 5.74) is 2.43. The van der Waals surface area contributed by atoms with Gasteiger partial charge in [-0.2, -0.15) is 0 Å². The summed E-state index contributed by atoms with van der Waals surface area (Å²) in [5.74, 6) is 0. The van der Waals surface area contributed by atoms with E-state index in [1.807, 2.05) is 72.9 Å². The van der Waals surface area contributed by atoms with Crippen molar-refractivity contribution in [2.24, 2.45) is 0 Å². The van der Waals surface area contributed by atoms with Crippen LogP contribution < -0.4 is 0 Å². The van der Waals surface area contributed by atoms with Gasteiger partial charge in [0.15, 0.2) is 0 Å². The maximum atomic E-state index is 2.09. The van der Waals surface area contributed by atoms with Gasteiger partial charge in [-0.1, -0.05) is 109 Å². The SMILES string of the molecule is C(=C/c1ccccc1)/C=C/C=C/C=C/c1ccccc1. The fourth-order valence-electron chi connectivity index (χ4n) is 1.72. The number of allylic oxidation sites excluding steroid dienone is 6. The van der Waals surface area contributed by atoms with E-state index < -0.39 is 0 Å². The fourth-order valence-corrected chi connectivity index (χ4v) is 1.72. The Balaban J connectivity index is 1.77. The molecule has 0 radical (unpaired) electrons. The zero-order valence-corrected chi connectivity index (χ0v) is 11.4. The summed E-state index contributed by atoms with van der Waals surface area (Å²) in [6.07, 6.45) is 16.4. The molecule has 0 bridgehead atoms. The van der Waals surface area contributed by atoms with Crippen LogP contribution in [0.25, 0.3) is 12.2 Å². The van der Waals surface area contributed by atoms with Crippen LogP contribution >= 0.6 is 0 Å². The van der Waals surface area contributed by atoms with Crippen LogP contribution in [0.15, 0.2) is 97.1 Å². The van der Waals surface area contributed by atoms with E-state index in [0.29, 0.717) is 0 Å². The van der Waals surface area contributed by atoms with Crippen LogP contribution in [0.4, 0.5) is 0 Å². The summed E-state index contributed by atoms with van der Waals surface area (Å²) < 4.78 is 0. The van der Waals surface area contributed by atoms with E-state index in [1.54, 1.807) is 0 Å². The normalized spacial score (nSPS) is 12.2. The van der Waals surface area contributed by atoms with Gasteiger partial charge >= 0.3 is 0 Å². The maximum Gasteiger partial charge on any atom is -0.0257 e. The molecule has 98 valence electrons. The minimum Gasteiger partial charge on any atom is -0.0623 e. The highest BCUT2D eigenvalue weighted by Gasteiger charge is 1.80. The van der Waals surface area contributed by atoms with Crippen molar-refractivity contribution in [1.82, 2.24) is 0 Å². The molecule has 2 rings (SSSR count). The van der Waals surface area contributed by atoms with Gasteiger partial charge in [0, 0.05) is 0 Å². The van der Waals surface area contributed by atoms with Gasteiger partial charge in [0.2, 0.25) is 0 Å². The van der Waals surface area contributed by atoms with Gasteiger partial charge in [-0.05, 0) is 11.1 Å². The molecule has 0 unspecified atom stereocenters. The van der Waals surface area contributed by atoms with Crippen molar-refractivity contribution in [3.63, 3.8) is 0 Å². The maximum absolute atomic E-state index is 2.09. The first-order chi connectivity index (χ1) is 9.95. The first-order valence-electron chi connectivity index (χ1n) is 6.73. The molecular formula is C20H18. The number of hydrogen-bond donors (Lipinski definition) is 0. The third-order valence-electron chi connectivity index (χ3n) is 2.73. The Morgan fingerprint density at radius 1 is 0.400 bits per heavy atom. The van der Waals surface area contributed by atoms with Crippen LogP contribution in [0.1, 0.15) is 11.1 Å². The molecule has 0 heterocycles. The Kier molecular flexibility index (Phi) is 5.87. The third kappa shape index (κ3) is 5.36. The van der Waals surface area contributed by atoms with Crippen LogP contribution in [0.3, 0.4) is 0 Å². The molecule has 0 saturated carbocycles. The lowest BCUT2D eigenvalue weighted by atomic mass is 10.2. The fraction of sp³-hybridized carbons (Fsp3) is 0. The second-order valence-corrected chi connectivity index (χ2v) is 4.31. The van der Waals surface area contributed by atoms with E-state index >= 15 is 0 Å². The first kappa shape index (κ1) is 13.8. The minimum atomic E-state index is 1.21. The van der Waals surface area contributed by atoms with Gasteiger partial charge in [-0.3, -0.25) is 0 Å². The van der Waals surface area contributed by atoms with Crippen LogP contribution in [-0.2, 0) is 0 Å². The molecular weight excluding hydrogens is 240 g/mol. The zero-order chi connectivity index (χ0) is 13.9. The Morgan fingerprint density at radius 3 is 1.15 bits per heavy atom. The van der Waals surface area contributed by atoms with Crippen molar-refractivity contribution >= 4 is 12.2 Å². The van der Waals surface area contributed by atoms with Gasteiger partial charge in [-0.15, -0.1) is 0 Å². The van der Waals surface area contributed by atoms with E-state index in [9.17, 15) is 0 Å². The Hall–Kier alpha value is -2.60. The topological polar surface area (TPSA) is 0 Å². The molecule has 0 aromatic heterocycles. The van der Waals surface area contributed by atoms with E-state index in [1.165, 1.54) is 11.1 Å². The molecule has 0 aliphatic heterocycles. The molecule has 0 saturated heterocycles. The summed E-state index contributed by atoms with van der Waals surface area (Å²) in [6.45, 7) is 0. The zero-order valence-electron chi connectivity index (χ0n) is 11.4. The predicted octanol–water partition coefficient (Wildman–Crippen LogP) is 5.53. The molecule has 2 aromatic rings. The average molecular weight is 258 g/mol. The van der Waals surface area contributed by atoms with Gasteiger partial charge in [0.05, 0.1) is 0 Å². The molecule has 0 aliphatic carbocycles. The molecule has 2 aromatic carbocycles. The molecule has 0 fully saturated rings. The molecule has 0 nitrogen and oxygen atoms in total. The van der Waals surface area contributed by atoms with E-state index in [4.69, 9.17) is 0 Å². The van der Waals surface area contributed by atoms with E-state index in [0.717, 1.165) is 0 Å². The van der Waals surface area contributed by atoms with Crippen LogP contribution in [0, 0.1) is 0 Å². The third-order valence-corrected chi connectivity index (χ3v) is 2.73. The highest BCUT2D eigenvalue weighted by atomic mass is 13.9. The lowest BCUT2D eigenvalue weighted by Crippen LogP contribution is -1.66. The van der Waals surface area contributed by atoms with E-state index in [2.05, 4.69) is 36.4 Å². The first-order valence-corrected chi connectivity index (χ1v) is 6.73. The lowest BCUT2D eigenvalue weighted by Gasteiger charge is -1.88. The molecule has 0 spiro atoms. The molecule has 20 heavy (non-hydrogen) atoms.